The monoisotopic (exact) mass is 940 g/mol. The van der Waals surface area contributed by atoms with Crippen molar-refractivity contribution in [2.45, 2.75) is 153 Å². The molecule has 0 aliphatic heterocycles. The number of esters is 2. The number of hydrogen-bond acceptors (Lipinski definition) is 11. The average Bonchev–Trinajstić information content (AvgIpc) is 3.23. The molecule has 0 radical (unpaired) electrons. The number of allylic oxidation sites excluding steroid dienone is 13. The van der Waals surface area contributed by atoms with Gasteiger partial charge in [-0.2, -0.15) is 0 Å². The Balaban J connectivity index is 5.31. The second-order valence-electron chi connectivity index (χ2n) is 16.6. The molecule has 0 aromatic rings. The number of aliphatic carboxylic acids is 1. The minimum absolute atomic E-state index is 0.0168. The third-order valence-electron chi connectivity index (χ3n) is 9.41. The van der Waals surface area contributed by atoms with E-state index < -0.39 is 62.4 Å². The summed E-state index contributed by atoms with van der Waals surface area (Å²) < 4.78 is 34.4. The fourth-order valence-electron chi connectivity index (χ4n) is 5.63. The highest BCUT2D eigenvalue weighted by Gasteiger charge is 2.29. The molecule has 0 aromatic heterocycles. The molecule has 0 aromatic carbocycles. The number of unbranched alkanes of at least 4 members (excludes halogenated alkanes) is 8. The van der Waals surface area contributed by atoms with E-state index in [-0.39, 0.29) is 38.0 Å². The van der Waals surface area contributed by atoms with Gasteiger partial charge < -0.3 is 34.8 Å². The Labute approximate surface area is 390 Å². The van der Waals surface area contributed by atoms with Crippen LogP contribution in [0.1, 0.15) is 129 Å². The Bertz CT molecular complexity index is 1490. The number of rotatable bonds is 41. The minimum atomic E-state index is -4.55. The molecule has 13 nitrogen and oxygen atoms in total. The van der Waals surface area contributed by atoms with Crippen molar-refractivity contribution in [1.82, 2.24) is 0 Å². The number of likely N-dealkylation sites (N-methyl/N-ethyl adjacent to an activating group) is 1. The molecule has 0 aliphatic carbocycles. The quantitative estimate of drug-likeness (QED) is 0.0113. The van der Waals surface area contributed by atoms with Crippen LogP contribution in [0.3, 0.4) is 0 Å². The summed E-state index contributed by atoms with van der Waals surface area (Å²) in [6, 6.07) is -1.19. The van der Waals surface area contributed by atoms with Crippen LogP contribution in [0.4, 0.5) is 0 Å². The van der Waals surface area contributed by atoms with Crippen LogP contribution in [0, 0.1) is 0 Å². The van der Waals surface area contributed by atoms with Gasteiger partial charge in [-0.1, -0.05) is 131 Å². The van der Waals surface area contributed by atoms with Crippen molar-refractivity contribution in [3.05, 3.63) is 85.1 Å². The van der Waals surface area contributed by atoms with Crippen LogP contribution >= 0.6 is 19.6 Å². The molecular weight excluding hydrogens is 856 g/mol. The van der Waals surface area contributed by atoms with Crippen LogP contribution in [0.5, 0.6) is 0 Å². The molecule has 5 N–H and O–H groups in total. The van der Waals surface area contributed by atoms with Gasteiger partial charge in [0, 0.05) is 23.8 Å². The van der Waals surface area contributed by atoms with Crippen LogP contribution in [-0.2, 0) is 37.5 Å². The number of quaternary nitrogens is 1. The minimum Gasteiger partial charge on any atom is -0.481 e. The highest BCUT2D eigenvalue weighted by atomic mass is 32.2. The van der Waals surface area contributed by atoms with Gasteiger partial charge >= 0.3 is 25.7 Å². The van der Waals surface area contributed by atoms with Gasteiger partial charge in [0.25, 0.3) is 0 Å². The Morgan fingerprint density at radius 2 is 1.34 bits per heavy atom. The Morgan fingerprint density at radius 1 is 0.734 bits per heavy atom. The molecule has 0 bridgehead atoms. The lowest BCUT2D eigenvalue weighted by molar-refractivity contribution is -0.870. The van der Waals surface area contributed by atoms with E-state index in [4.69, 9.17) is 29.4 Å². The Hall–Kier alpha value is -3.07. The lowest BCUT2D eigenvalue weighted by atomic mass is 10.1. The average molecular weight is 940 g/mol. The zero-order valence-electron chi connectivity index (χ0n) is 39.6. The van der Waals surface area contributed by atoms with Crippen molar-refractivity contribution in [2.24, 2.45) is 5.73 Å². The number of aliphatic hydroxyl groups excluding tert-OH is 1. The van der Waals surface area contributed by atoms with Crippen molar-refractivity contribution in [2.75, 3.05) is 53.3 Å². The van der Waals surface area contributed by atoms with Gasteiger partial charge in [-0.15, -0.1) is 11.8 Å². The number of carboxylic acid groups (broad SMARTS) is 1. The van der Waals surface area contributed by atoms with Crippen LogP contribution in [-0.4, -0.2) is 114 Å². The predicted octanol–water partition coefficient (Wildman–Crippen LogP) is 10.1. The first-order valence-corrected chi connectivity index (χ1v) is 25.8. The van der Waals surface area contributed by atoms with Crippen molar-refractivity contribution < 1.29 is 57.1 Å². The maximum atomic E-state index is 13.2. The lowest BCUT2D eigenvalue weighted by Gasteiger charge is -2.25. The van der Waals surface area contributed by atoms with Crippen LogP contribution in [0.25, 0.3) is 0 Å². The summed E-state index contributed by atoms with van der Waals surface area (Å²) in [5.41, 5.74) is 6.24. The van der Waals surface area contributed by atoms with E-state index in [0.29, 0.717) is 17.4 Å². The van der Waals surface area contributed by atoms with Gasteiger partial charge in [-0.05, 0) is 70.6 Å². The zero-order chi connectivity index (χ0) is 47.7. The summed E-state index contributed by atoms with van der Waals surface area (Å²) >= 11 is 1.20. The van der Waals surface area contributed by atoms with Crippen LogP contribution in [0.2, 0.25) is 0 Å². The summed E-state index contributed by atoms with van der Waals surface area (Å²) in [5, 5.41) is 19.5. The van der Waals surface area contributed by atoms with Gasteiger partial charge in [0.05, 0.1) is 33.9 Å². The zero-order valence-corrected chi connectivity index (χ0v) is 41.4. The number of nitrogens with two attached hydrogens (primary N) is 1. The number of carboxylic acids is 1. The van der Waals surface area contributed by atoms with Crippen molar-refractivity contribution in [1.29, 1.82) is 0 Å². The van der Waals surface area contributed by atoms with E-state index in [0.717, 1.165) is 64.2 Å². The van der Waals surface area contributed by atoms with Crippen molar-refractivity contribution in [3.63, 3.8) is 0 Å². The molecule has 366 valence electrons. The number of phosphoric acid groups is 1. The largest absolute Gasteiger partial charge is 0.481 e. The molecule has 0 saturated carbocycles. The van der Waals surface area contributed by atoms with Gasteiger partial charge in [-0.25, -0.2) is 4.57 Å². The molecular formula is C49H84N2O11PS+. The topological polar surface area (TPSA) is 192 Å². The second kappa shape index (κ2) is 40.2. The lowest BCUT2D eigenvalue weighted by Crippen LogP contribution is -2.40. The normalized spacial score (nSPS) is 15.6. The summed E-state index contributed by atoms with van der Waals surface area (Å²) in [5.74, 6) is -2.31. The Kier molecular flexibility index (Phi) is 38.3. The third-order valence-corrected chi connectivity index (χ3v) is 11.8. The fourth-order valence-corrected chi connectivity index (χ4v) is 7.49. The summed E-state index contributed by atoms with van der Waals surface area (Å²) in [6.07, 6.45) is 41.1. The highest BCUT2D eigenvalue weighted by molar-refractivity contribution is 8.00. The highest BCUT2D eigenvalue weighted by Crippen LogP contribution is 2.43. The van der Waals surface area contributed by atoms with Crippen LogP contribution in [0.15, 0.2) is 85.1 Å². The fraction of sp³-hybridized carbons (Fsp3) is 0.653. The van der Waals surface area contributed by atoms with E-state index in [2.05, 4.69) is 62.5 Å². The van der Waals surface area contributed by atoms with Gasteiger partial charge in [0.1, 0.15) is 25.8 Å². The first-order chi connectivity index (χ1) is 30.6. The first kappa shape index (κ1) is 60.9. The number of thioether (sulfide) groups is 1. The van der Waals surface area contributed by atoms with Crippen LogP contribution < -0.4 is 5.73 Å². The molecule has 0 spiro atoms. The standard InChI is InChI=1S/C49H83N2O11PS/c1-6-8-10-12-14-16-18-20-21-22-24-26-28-30-32-37-48(55)59-40-43(41-61-63(57,58)60-39-38-51(3,4)5)62-49(56)44(50)42-64-46(45(52)34-33-36-47(53)54)35-31-29-27-25-23-19-17-15-13-11-9-7-2/h8,10,14-17,20-21,23,25,27,29,31,35,43-46,52H,6-7,9,11-13,18-19,22,24,26,28,30,32-34,36-42,50H2,1-5H3,(H-,53,54,57,58)/p+1/b10-8-,16-14-,17-15-,21-20-,25-23-,29-27+,35-31+/t43-,44+,45+,46-/m1/s1. The number of aliphatic hydroxyl groups is 1. The molecule has 1 unspecified atom stereocenters. The molecule has 0 aliphatic rings. The van der Waals surface area contributed by atoms with E-state index in [1.54, 1.807) is 12.2 Å². The molecule has 0 amide bonds. The second-order valence-corrected chi connectivity index (χ2v) is 19.3. The molecule has 15 heteroatoms. The Morgan fingerprint density at radius 3 is 2.00 bits per heavy atom. The SMILES string of the molecule is CC/C=C\C/C=C\C/C=C\CCCCCCCC(=O)OC[C@H](COP(=O)(O)OCC[N+](C)(C)C)OC(=O)[C@@H](N)CS[C@H](/C=C/C=C/C=C\C/C=C\CCCCC)[C@@H](O)CCCC(=O)O. The molecule has 5 atom stereocenters. The van der Waals surface area contributed by atoms with Crippen molar-refractivity contribution >= 4 is 37.5 Å². The summed E-state index contributed by atoms with van der Waals surface area (Å²) in [6.45, 7) is 3.65. The molecule has 0 rings (SSSR count). The number of phosphoric ester groups is 1. The molecule has 0 fully saturated rings. The number of ether oxygens (including phenoxy) is 2. The van der Waals surface area contributed by atoms with Crippen molar-refractivity contribution in [3.8, 4) is 0 Å². The summed E-state index contributed by atoms with van der Waals surface area (Å²) in [4.78, 5) is 47.3. The maximum absolute atomic E-state index is 13.2. The van der Waals surface area contributed by atoms with E-state index >= 15 is 0 Å². The first-order valence-electron chi connectivity index (χ1n) is 23.3. The van der Waals surface area contributed by atoms with Gasteiger partial charge in [0.15, 0.2) is 6.10 Å². The molecule has 64 heavy (non-hydrogen) atoms. The van der Waals surface area contributed by atoms with Gasteiger partial charge in [0.2, 0.25) is 0 Å². The number of hydrogen-bond donors (Lipinski definition) is 4. The predicted molar refractivity (Wildman–Crippen MR) is 262 cm³/mol. The van der Waals surface area contributed by atoms with E-state index in [1.807, 2.05) is 45.4 Å². The molecule has 0 heterocycles. The van der Waals surface area contributed by atoms with Gasteiger partial charge in [-0.3, -0.25) is 23.4 Å². The summed E-state index contributed by atoms with van der Waals surface area (Å²) in [7, 11) is 1.15. The van der Waals surface area contributed by atoms with E-state index in [1.165, 1.54) is 31.0 Å². The van der Waals surface area contributed by atoms with E-state index in [9.17, 15) is 28.9 Å². The number of nitrogens with zero attached hydrogens (tertiary/aromatic N) is 1. The third kappa shape index (κ3) is 40.4. The number of carbonyl (C=O) groups is 3. The molecule has 0 saturated heterocycles. The maximum Gasteiger partial charge on any atom is 0.472 e. The smallest absolute Gasteiger partial charge is 0.472 e. The number of carbonyl (C=O) groups excluding carboxylic acids is 2.